The minimum absolute atomic E-state index is 0.130. The highest BCUT2D eigenvalue weighted by Gasteiger charge is 2.11. The van der Waals surface area contributed by atoms with Crippen molar-refractivity contribution in [1.82, 2.24) is 10.2 Å². The van der Waals surface area contributed by atoms with Crippen molar-refractivity contribution >= 4 is 0 Å². The number of ether oxygens (including phenoxy) is 1. The van der Waals surface area contributed by atoms with Crippen LogP contribution in [0.25, 0.3) is 0 Å². The Morgan fingerprint density at radius 2 is 2.11 bits per heavy atom. The summed E-state index contributed by atoms with van der Waals surface area (Å²) < 4.78 is 18.5. The van der Waals surface area contributed by atoms with E-state index in [-0.39, 0.29) is 5.82 Å². The summed E-state index contributed by atoms with van der Waals surface area (Å²) in [6, 6.07) is 7.31. The maximum atomic E-state index is 13.5. The average Bonchev–Trinajstić information content (AvgIpc) is 2.41. The number of likely N-dealkylation sites (N-methyl/N-ethyl adjacent to an activating group) is 1. The Morgan fingerprint density at radius 3 is 2.79 bits per heavy atom. The first kappa shape index (κ1) is 16.1. The van der Waals surface area contributed by atoms with Crippen LogP contribution in [-0.4, -0.2) is 44.8 Å². The van der Waals surface area contributed by atoms with Crippen molar-refractivity contribution in [3.8, 4) is 0 Å². The van der Waals surface area contributed by atoms with Crippen molar-refractivity contribution < 1.29 is 9.13 Å². The SMILES string of the molecule is COCCCNCC(C)N(C)Cc1ccccc1F. The molecule has 1 unspecified atom stereocenters. The van der Waals surface area contributed by atoms with Gasteiger partial charge in [-0.2, -0.15) is 0 Å². The van der Waals surface area contributed by atoms with E-state index < -0.39 is 0 Å². The fourth-order valence-electron chi connectivity index (χ4n) is 1.86. The predicted octanol–water partition coefficient (Wildman–Crippen LogP) is 2.27. The molecule has 0 aliphatic heterocycles. The highest BCUT2D eigenvalue weighted by atomic mass is 19.1. The number of hydrogen-bond acceptors (Lipinski definition) is 3. The zero-order valence-electron chi connectivity index (χ0n) is 12.2. The predicted molar refractivity (Wildman–Crippen MR) is 76.7 cm³/mol. The van der Waals surface area contributed by atoms with Crippen LogP contribution in [0.5, 0.6) is 0 Å². The molecule has 0 saturated carbocycles. The molecule has 1 atom stereocenters. The van der Waals surface area contributed by atoms with Gasteiger partial charge in [0, 0.05) is 38.4 Å². The maximum Gasteiger partial charge on any atom is 0.127 e. The van der Waals surface area contributed by atoms with Crippen LogP contribution in [-0.2, 0) is 11.3 Å². The van der Waals surface area contributed by atoms with Gasteiger partial charge in [-0.1, -0.05) is 18.2 Å². The van der Waals surface area contributed by atoms with Crippen molar-refractivity contribution in [1.29, 1.82) is 0 Å². The molecule has 0 fully saturated rings. The van der Waals surface area contributed by atoms with Crippen molar-refractivity contribution in [2.75, 3.05) is 33.9 Å². The Morgan fingerprint density at radius 1 is 1.37 bits per heavy atom. The molecule has 4 heteroatoms. The van der Waals surface area contributed by atoms with E-state index in [9.17, 15) is 4.39 Å². The first-order chi connectivity index (χ1) is 9.15. The molecule has 108 valence electrons. The average molecular weight is 268 g/mol. The van der Waals surface area contributed by atoms with E-state index in [0.717, 1.165) is 31.7 Å². The molecule has 1 aromatic carbocycles. The van der Waals surface area contributed by atoms with Crippen LogP contribution in [0.15, 0.2) is 24.3 Å². The summed E-state index contributed by atoms with van der Waals surface area (Å²) in [7, 11) is 3.73. The van der Waals surface area contributed by atoms with E-state index in [1.807, 2.05) is 19.2 Å². The topological polar surface area (TPSA) is 24.5 Å². The molecule has 0 spiro atoms. The van der Waals surface area contributed by atoms with Crippen molar-refractivity contribution in [2.24, 2.45) is 0 Å². The number of benzene rings is 1. The van der Waals surface area contributed by atoms with Gasteiger partial charge in [-0.15, -0.1) is 0 Å². The minimum atomic E-state index is -0.130. The molecular weight excluding hydrogens is 243 g/mol. The highest BCUT2D eigenvalue weighted by molar-refractivity contribution is 5.17. The zero-order valence-corrected chi connectivity index (χ0v) is 12.2. The Balaban J connectivity index is 2.28. The third kappa shape index (κ3) is 6.14. The van der Waals surface area contributed by atoms with Gasteiger partial charge in [-0.05, 0) is 33.0 Å². The van der Waals surface area contributed by atoms with Crippen LogP contribution in [0.2, 0.25) is 0 Å². The molecule has 1 rings (SSSR count). The third-order valence-corrected chi connectivity index (χ3v) is 3.27. The van der Waals surface area contributed by atoms with E-state index in [2.05, 4.69) is 17.1 Å². The molecule has 1 N–H and O–H groups in total. The molecular formula is C15H25FN2O. The summed E-state index contributed by atoms with van der Waals surface area (Å²) in [6.45, 7) is 5.41. The molecule has 19 heavy (non-hydrogen) atoms. The van der Waals surface area contributed by atoms with Gasteiger partial charge in [0.25, 0.3) is 0 Å². The highest BCUT2D eigenvalue weighted by Crippen LogP contribution is 2.10. The van der Waals surface area contributed by atoms with Crippen LogP contribution >= 0.6 is 0 Å². The van der Waals surface area contributed by atoms with Crippen LogP contribution in [0.3, 0.4) is 0 Å². The van der Waals surface area contributed by atoms with Gasteiger partial charge in [0.15, 0.2) is 0 Å². The van der Waals surface area contributed by atoms with E-state index in [0.29, 0.717) is 12.6 Å². The lowest BCUT2D eigenvalue weighted by atomic mass is 10.2. The molecule has 0 saturated heterocycles. The summed E-state index contributed by atoms with van der Waals surface area (Å²) in [5.41, 5.74) is 0.747. The van der Waals surface area contributed by atoms with Gasteiger partial charge in [0.2, 0.25) is 0 Å². The second-order valence-corrected chi connectivity index (χ2v) is 4.91. The lowest BCUT2D eigenvalue weighted by molar-refractivity contribution is 0.191. The monoisotopic (exact) mass is 268 g/mol. The van der Waals surface area contributed by atoms with Gasteiger partial charge in [-0.25, -0.2) is 4.39 Å². The standard InChI is InChI=1S/C15H25FN2O/c1-13(11-17-9-6-10-19-3)18(2)12-14-7-4-5-8-15(14)16/h4-5,7-8,13,17H,6,9-12H2,1-3H3. The lowest BCUT2D eigenvalue weighted by Gasteiger charge is -2.25. The normalized spacial score (nSPS) is 12.9. The van der Waals surface area contributed by atoms with Gasteiger partial charge >= 0.3 is 0 Å². The molecule has 0 aliphatic carbocycles. The summed E-state index contributed by atoms with van der Waals surface area (Å²) in [6.07, 6.45) is 1.01. The van der Waals surface area contributed by atoms with Gasteiger partial charge in [-0.3, -0.25) is 4.90 Å². The first-order valence-electron chi connectivity index (χ1n) is 6.78. The number of hydrogen-bond donors (Lipinski definition) is 1. The molecule has 0 radical (unpaired) electrons. The Kier molecular flexibility index (Phi) is 7.63. The van der Waals surface area contributed by atoms with E-state index in [1.165, 1.54) is 6.07 Å². The van der Waals surface area contributed by atoms with Crippen LogP contribution in [0.1, 0.15) is 18.9 Å². The van der Waals surface area contributed by atoms with Gasteiger partial charge in [0.1, 0.15) is 5.82 Å². The smallest absolute Gasteiger partial charge is 0.127 e. The lowest BCUT2D eigenvalue weighted by Crippen LogP contribution is -2.38. The number of nitrogens with zero attached hydrogens (tertiary/aromatic N) is 1. The maximum absolute atomic E-state index is 13.5. The van der Waals surface area contributed by atoms with E-state index in [1.54, 1.807) is 13.2 Å². The van der Waals surface area contributed by atoms with Gasteiger partial charge in [0.05, 0.1) is 0 Å². The van der Waals surface area contributed by atoms with Crippen LogP contribution in [0.4, 0.5) is 4.39 Å². The summed E-state index contributed by atoms with van der Waals surface area (Å²) in [5, 5.41) is 3.39. The van der Waals surface area contributed by atoms with Crippen LogP contribution < -0.4 is 5.32 Å². The van der Waals surface area contributed by atoms with Crippen molar-refractivity contribution in [3.05, 3.63) is 35.6 Å². The molecule has 3 nitrogen and oxygen atoms in total. The number of halogens is 1. The Hall–Kier alpha value is -0.970. The zero-order chi connectivity index (χ0) is 14.1. The number of nitrogens with one attached hydrogen (secondary N) is 1. The minimum Gasteiger partial charge on any atom is -0.385 e. The molecule has 0 amide bonds. The molecule has 1 aromatic rings. The van der Waals surface area contributed by atoms with Gasteiger partial charge < -0.3 is 10.1 Å². The number of methoxy groups -OCH3 is 1. The summed E-state index contributed by atoms with van der Waals surface area (Å²) >= 11 is 0. The van der Waals surface area contributed by atoms with E-state index >= 15 is 0 Å². The van der Waals surface area contributed by atoms with Crippen LogP contribution in [0, 0.1) is 5.82 Å². The Bertz CT molecular complexity index is 360. The van der Waals surface area contributed by atoms with Crippen molar-refractivity contribution in [2.45, 2.75) is 25.9 Å². The second kappa shape index (κ2) is 9.02. The molecule has 0 bridgehead atoms. The fraction of sp³-hybridized carbons (Fsp3) is 0.600. The molecule has 0 heterocycles. The first-order valence-corrected chi connectivity index (χ1v) is 6.78. The summed E-state index contributed by atoms with van der Waals surface area (Å²) in [4.78, 5) is 2.15. The van der Waals surface area contributed by atoms with E-state index in [4.69, 9.17) is 4.74 Å². The molecule has 0 aromatic heterocycles. The fourth-order valence-corrected chi connectivity index (χ4v) is 1.86. The Labute approximate surface area is 115 Å². The number of rotatable bonds is 9. The molecule has 0 aliphatic rings. The summed E-state index contributed by atoms with van der Waals surface area (Å²) in [5.74, 6) is -0.130. The quantitative estimate of drug-likeness (QED) is 0.695. The van der Waals surface area contributed by atoms with Crippen molar-refractivity contribution in [3.63, 3.8) is 0 Å². The largest absolute Gasteiger partial charge is 0.385 e. The third-order valence-electron chi connectivity index (χ3n) is 3.27. The second-order valence-electron chi connectivity index (χ2n) is 4.91.